The van der Waals surface area contributed by atoms with Crippen LogP contribution in [0.25, 0.3) is 0 Å². The second kappa shape index (κ2) is 8.70. The number of rotatable bonds is 6. The molecule has 0 aliphatic heterocycles. The van der Waals surface area contributed by atoms with Gasteiger partial charge in [-0.2, -0.15) is 0 Å². The molecule has 0 saturated carbocycles. The van der Waals surface area contributed by atoms with Crippen LogP contribution in [0.5, 0.6) is 0 Å². The molecule has 0 unspecified atom stereocenters. The first-order valence-corrected chi connectivity index (χ1v) is 4.14. The summed E-state index contributed by atoms with van der Waals surface area (Å²) in [6, 6.07) is 0. The van der Waals surface area contributed by atoms with Crippen molar-refractivity contribution in [2.45, 2.75) is 33.1 Å². The van der Waals surface area contributed by atoms with Crippen molar-refractivity contribution in [1.82, 2.24) is 0 Å². The van der Waals surface area contributed by atoms with Gasteiger partial charge in [-0.15, -0.1) is 0 Å². The van der Waals surface area contributed by atoms with Crippen molar-refractivity contribution in [2.75, 3.05) is 13.2 Å². The fourth-order valence-corrected chi connectivity index (χ4v) is 0.698. The first kappa shape index (κ1) is 9.70. The molecule has 0 saturated heterocycles. The zero-order valence-corrected chi connectivity index (χ0v) is 7.10. The van der Waals surface area contributed by atoms with Crippen molar-refractivity contribution in [3.8, 4) is 0 Å². The number of unbranched alkanes of at least 4 members (excludes halogenated alkanes) is 1. The SMILES string of the molecule is CCC/C=C/CCOCC. The van der Waals surface area contributed by atoms with Gasteiger partial charge < -0.3 is 4.74 Å². The summed E-state index contributed by atoms with van der Waals surface area (Å²) in [4.78, 5) is 0. The molecule has 0 radical (unpaired) electrons. The minimum Gasteiger partial charge on any atom is -0.381 e. The van der Waals surface area contributed by atoms with Crippen molar-refractivity contribution in [1.29, 1.82) is 0 Å². The highest BCUT2D eigenvalue weighted by Crippen LogP contribution is 1.91. The molecule has 0 fully saturated rings. The summed E-state index contributed by atoms with van der Waals surface area (Å²) in [6.45, 7) is 5.92. The number of ether oxygens (including phenoxy) is 1. The first-order valence-electron chi connectivity index (χ1n) is 4.14. The summed E-state index contributed by atoms with van der Waals surface area (Å²) in [5.74, 6) is 0. The molecule has 1 nitrogen and oxygen atoms in total. The van der Waals surface area contributed by atoms with E-state index in [2.05, 4.69) is 19.1 Å². The van der Waals surface area contributed by atoms with E-state index >= 15 is 0 Å². The van der Waals surface area contributed by atoms with E-state index in [9.17, 15) is 0 Å². The van der Waals surface area contributed by atoms with Gasteiger partial charge in [-0.1, -0.05) is 25.5 Å². The predicted octanol–water partition coefficient (Wildman–Crippen LogP) is 2.77. The maximum Gasteiger partial charge on any atom is 0.0500 e. The van der Waals surface area contributed by atoms with Crippen molar-refractivity contribution in [3.05, 3.63) is 12.2 Å². The normalized spacial score (nSPS) is 11.0. The second-order valence-electron chi connectivity index (χ2n) is 2.25. The molecule has 60 valence electrons. The van der Waals surface area contributed by atoms with E-state index in [0.29, 0.717) is 0 Å². The lowest BCUT2D eigenvalue weighted by molar-refractivity contribution is 0.152. The van der Waals surface area contributed by atoms with Gasteiger partial charge >= 0.3 is 0 Å². The Morgan fingerprint density at radius 3 is 2.40 bits per heavy atom. The van der Waals surface area contributed by atoms with Crippen LogP contribution in [-0.4, -0.2) is 13.2 Å². The lowest BCUT2D eigenvalue weighted by atomic mass is 10.3. The average molecular weight is 142 g/mol. The molecule has 0 aromatic heterocycles. The molecule has 10 heavy (non-hydrogen) atoms. The maximum atomic E-state index is 5.16. The quantitative estimate of drug-likeness (QED) is 0.409. The molecular weight excluding hydrogens is 124 g/mol. The fourth-order valence-electron chi connectivity index (χ4n) is 0.698. The summed E-state index contributed by atoms with van der Waals surface area (Å²) in [5, 5.41) is 0. The molecule has 0 heterocycles. The number of hydrogen-bond donors (Lipinski definition) is 0. The maximum absolute atomic E-state index is 5.16. The van der Waals surface area contributed by atoms with E-state index in [-0.39, 0.29) is 0 Å². The third kappa shape index (κ3) is 7.70. The molecule has 0 atom stereocenters. The highest BCUT2D eigenvalue weighted by molar-refractivity contribution is 4.80. The Morgan fingerprint density at radius 2 is 1.80 bits per heavy atom. The molecule has 0 spiro atoms. The molecule has 1 heteroatoms. The van der Waals surface area contributed by atoms with Crippen LogP contribution in [0.3, 0.4) is 0 Å². The van der Waals surface area contributed by atoms with E-state index in [1.54, 1.807) is 0 Å². The van der Waals surface area contributed by atoms with E-state index in [1.165, 1.54) is 12.8 Å². The van der Waals surface area contributed by atoms with Crippen molar-refractivity contribution in [2.24, 2.45) is 0 Å². The van der Waals surface area contributed by atoms with Crippen molar-refractivity contribution >= 4 is 0 Å². The van der Waals surface area contributed by atoms with Crippen molar-refractivity contribution in [3.63, 3.8) is 0 Å². The molecule has 0 bridgehead atoms. The lowest BCUT2D eigenvalue weighted by Crippen LogP contribution is -1.90. The Balaban J connectivity index is 2.88. The van der Waals surface area contributed by atoms with E-state index < -0.39 is 0 Å². The van der Waals surface area contributed by atoms with E-state index in [4.69, 9.17) is 4.74 Å². The molecule has 0 aliphatic rings. The van der Waals surface area contributed by atoms with Crippen LogP contribution in [0.2, 0.25) is 0 Å². The minimum atomic E-state index is 0.835. The van der Waals surface area contributed by atoms with Gasteiger partial charge in [0.15, 0.2) is 0 Å². The van der Waals surface area contributed by atoms with Gasteiger partial charge in [0.1, 0.15) is 0 Å². The Hall–Kier alpha value is -0.300. The van der Waals surface area contributed by atoms with Crippen LogP contribution in [0.1, 0.15) is 33.1 Å². The molecular formula is C9H18O. The van der Waals surface area contributed by atoms with Gasteiger partial charge in [0.05, 0.1) is 0 Å². The molecule has 0 N–H and O–H groups in total. The van der Waals surface area contributed by atoms with Crippen LogP contribution >= 0.6 is 0 Å². The Bertz CT molecular complexity index is 76.8. The van der Waals surface area contributed by atoms with Gasteiger partial charge in [-0.25, -0.2) is 0 Å². The molecule has 0 aromatic rings. The van der Waals surface area contributed by atoms with E-state index in [1.807, 2.05) is 6.92 Å². The molecule has 0 aliphatic carbocycles. The predicted molar refractivity (Wildman–Crippen MR) is 45.2 cm³/mol. The first-order chi connectivity index (χ1) is 4.91. The molecule has 0 aromatic carbocycles. The number of hydrogen-bond acceptors (Lipinski definition) is 1. The summed E-state index contributed by atoms with van der Waals surface area (Å²) < 4.78 is 5.16. The van der Waals surface area contributed by atoms with Crippen LogP contribution in [-0.2, 0) is 4.74 Å². The van der Waals surface area contributed by atoms with Gasteiger partial charge in [0, 0.05) is 13.2 Å². The highest BCUT2D eigenvalue weighted by Gasteiger charge is 1.79. The number of allylic oxidation sites excluding steroid dienone is 1. The van der Waals surface area contributed by atoms with Gasteiger partial charge in [0.25, 0.3) is 0 Å². The largest absolute Gasteiger partial charge is 0.381 e. The molecule has 0 rings (SSSR count). The van der Waals surface area contributed by atoms with Crippen LogP contribution in [0.15, 0.2) is 12.2 Å². The minimum absolute atomic E-state index is 0.835. The standard InChI is InChI=1S/C9H18O/c1-3-5-6-7-8-9-10-4-2/h6-7H,3-5,8-9H2,1-2H3/b7-6+. The third-order valence-corrected chi connectivity index (χ3v) is 1.25. The zero-order valence-electron chi connectivity index (χ0n) is 7.10. The monoisotopic (exact) mass is 142 g/mol. The zero-order chi connectivity index (χ0) is 7.66. The van der Waals surface area contributed by atoms with Gasteiger partial charge in [-0.3, -0.25) is 0 Å². The summed E-state index contributed by atoms with van der Waals surface area (Å²) in [5.41, 5.74) is 0. The summed E-state index contributed by atoms with van der Waals surface area (Å²) >= 11 is 0. The Kier molecular flexibility index (Phi) is 8.44. The van der Waals surface area contributed by atoms with Crippen LogP contribution in [0, 0.1) is 0 Å². The van der Waals surface area contributed by atoms with Crippen LogP contribution < -0.4 is 0 Å². The smallest absolute Gasteiger partial charge is 0.0500 e. The summed E-state index contributed by atoms with van der Waals surface area (Å²) in [6.07, 6.45) is 7.92. The van der Waals surface area contributed by atoms with Crippen molar-refractivity contribution < 1.29 is 4.74 Å². The van der Waals surface area contributed by atoms with E-state index in [0.717, 1.165) is 19.6 Å². The lowest BCUT2D eigenvalue weighted by Gasteiger charge is -1.94. The second-order valence-corrected chi connectivity index (χ2v) is 2.25. The third-order valence-electron chi connectivity index (χ3n) is 1.25. The highest BCUT2D eigenvalue weighted by atomic mass is 16.5. The fraction of sp³-hybridized carbons (Fsp3) is 0.778. The Morgan fingerprint density at radius 1 is 1.10 bits per heavy atom. The topological polar surface area (TPSA) is 9.23 Å². The van der Waals surface area contributed by atoms with Crippen LogP contribution in [0.4, 0.5) is 0 Å². The Labute approximate surface area is 64.1 Å². The van der Waals surface area contributed by atoms with Gasteiger partial charge in [0.2, 0.25) is 0 Å². The van der Waals surface area contributed by atoms with Gasteiger partial charge in [-0.05, 0) is 19.8 Å². The average Bonchev–Trinajstić information content (AvgIpc) is 1.97. The molecule has 0 amide bonds. The summed E-state index contributed by atoms with van der Waals surface area (Å²) in [7, 11) is 0.